The number of hydrogen-bond acceptors (Lipinski definition) is 7. The predicted octanol–water partition coefficient (Wildman–Crippen LogP) is 4.57. The first kappa shape index (κ1) is 19.9. The van der Waals surface area contributed by atoms with Crippen LogP contribution in [-0.4, -0.2) is 35.2 Å². The summed E-state index contributed by atoms with van der Waals surface area (Å²) in [5.41, 5.74) is 0.866. The summed E-state index contributed by atoms with van der Waals surface area (Å²) in [6, 6.07) is 11.9. The molecule has 3 rings (SSSR count). The fourth-order valence-electron chi connectivity index (χ4n) is 3.04. The third-order valence-corrected chi connectivity index (χ3v) is 4.36. The van der Waals surface area contributed by atoms with Crippen LogP contribution in [0.4, 0.5) is 6.01 Å². The zero-order chi connectivity index (χ0) is 19.8. The maximum Gasteiger partial charge on any atom is 0.322 e. The molecule has 7 heteroatoms. The van der Waals surface area contributed by atoms with Gasteiger partial charge in [0.2, 0.25) is 5.82 Å². The van der Waals surface area contributed by atoms with Crippen molar-refractivity contribution in [1.29, 1.82) is 0 Å². The fraction of sp³-hybridized carbons (Fsp3) is 0.429. The minimum absolute atomic E-state index is 0.363. The molecule has 0 saturated carbocycles. The fourth-order valence-corrected chi connectivity index (χ4v) is 3.04. The van der Waals surface area contributed by atoms with Crippen molar-refractivity contribution >= 4 is 6.01 Å². The van der Waals surface area contributed by atoms with Crippen LogP contribution >= 0.6 is 0 Å². The number of methoxy groups -OCH3 is 1. The number of rotatable bonds is 11. The first-order chi connectivity index (χ1) is 13.7. The highest BCUT2D eigenvalue weighted by atomic mass is 16.5. The maximum atomic E-state index is 5.94. The summed E-state index contributed by atoms with van der Waals surface area (Å²) >= 11 is 0. The summed E-state index contributed by atoms with van der Waals surface area (Å²) in [4.78, 5) is 6.79. The molecule has 3 aromatic rings. The van der Waals surface area contributed by atoms with Crippen molar-refractivity contribution in [3.05, 3.63) is 47.9 Å². The molecule has 0 saturated heterocycles. The lowest BCUT2D eigenvalue weighted by Gasteiger charge is -2.19. The molecular weight excluding hydrogens is 356 g/mol. The predicted molar refractivity (Wildman–Crippen MR) is 108 cm³/mol. The molecule has 0 aliphatic heterocycles. The normalized spacial score (nSPS) is 11.1. The summed E-state index contributed by atoms with van der Waals surface area (Å²) in [5, 5.41) is 7.13. The number of anilines is 1. The van der Waals surface area contributed by atoms with Crippen LogP contribution in [0.2, 0.25) is 0 Å². The number of nitrogens with zero attached hydrogens (tertiary/aromatic N) is 3. The maximum absolute atomic E-state index is 5.94. The molecule has 0 aliphatic carbocycles. The average Bonchev–Trinajstić information content (AvgIpc) is 3.36. The van der Waals surface area contributed by atoms with E-state index in [0.29, 0.717) is 18.4 Å². The van der Waals surface area contributed by atoms with Crippen molar-refractivity contribution in [1.82, 2.24) is 15.0 Å². The van der Waals surface area contributed by atoms with E-state index in [1.165, 1.54) is 0 Å². The van der Waals surface area contributed by atoms with Crippen LogP contribution < -0.4 is 10.1 Å². The van der Waals surface area contributed by atoms with E-state index in [1.807, 2.05) is 36.4 Å². The number of nitrogens with one attached hydrogen (secondary N) is 1. The molecule has 1 aromatic carbocycles. The van der Waals surface area contributed by atoms with Crippen molar-refractivity contribution < 1.29 is 13.7 Å². The third kappa shape index (κ3) is 5.36. The van der Waals surface area contributed by atoms with E-state index in [2.05, 4.69) is 34.2 Å². The van der Waals surface area contributed by atoms with Crippen molar-refractivity contribution in [2.24, 2.45) is 0 Å². The van der Waals surface area contributed by atoms with Gasteiger partial charge in [0, 0.05) is 5.56 Å². The standard InChI is InChI=1S/C21H28N4O3/c1-4-12-25(13-5-2)15-19-11-10-18(27-19)14-22-21-23-20(24-28-21)16-6-8-17(26-3)9-7-16/h6-11H,4-5,12-15H2,1-3H3,(H,22,23,24). The van der Waals surface area contributed by atoms with E-state index in [9.17, 15) is 0 Å². The topological polar surface area (TPSA) is 76.6 Å². The number of furan rings is 1. The van der Waals surface area contributed by atoms with E-state index in [-0.39, 0.29) is 0 Å². The summed E-state index contributed by atoms with van der Waals surface area (Å²) in [7, 11) is 1.64. The zero-order valence-electron chi connectivity index (χ0n) is 16.8. The summed E-state index contributed by atoms with van der Waals surface area (Å²) in [6.07, 6.45) is 2.28. The second-order valence-corrected chi connectivity index (χ2v) is 6.65. The Morgan fingerprint density at radius 1 is 1.00 bits per heavy atom. The van der Waals surface area contributed by atoms with Crippen LogP contribution in [0.1, 0.15) is 38.2 Å². The highest BCUT2D eigenvalue weighted by molar-refractivity contribution is 5.56. The van der Waals surface area contributed by atoms with Gasteiger partial charge in [0.05, 0.1) is 20.2 Å². The third-order valence-electron chi connectivity index (χ3n) is 4.36. The first-order valence-electron chi connectivity index (χ1n) is 9.73. The SMILES string of the molecule is CCCN(CCC)Cc1ccc(CNc2nc(-c3ccc(OC)cc3)no2)o1. The van der Waals surface area contributed by atoms with Gasteiger partial charge in [0.1, 0.15) is 17.3 Å². The van der Waals surface area contributed by atoms with Gasteiger partial charge in [-0.25, -0.2) is 0 Å². The monoisotopic (exact) mass is 384 g/mol. The van der Waals surface area contributed by atoms with E-state index >= 15 is 0 Å². The summed E-state index contributed by atoms with van der Waals surface area (Å²) < 4.78 is 16.4. The molecule has 2 heterocycles. The van der Waals surface area contributed by atoms with E-state index in [1.54, 1.807) is 7.11 Å². The summed E-state index contributed by atoms with van der Waals surface area (Å²) in [5.74, 6) is 3.13. The molecule has 0 fully saturated rings. The minimum Gasteiger partial charge on any atom is -0.497 e. The Morgan fingerprint density at radius 3 is 2.39 bits per heavy atom. The Bertz CT molecular complexity index is 835. The molecule has 150 valence electrons. The molecule has 0 spiro atoms. The molecule has 28 heavy (non-hydrogen) atoms. The van der Waals surface area contributed by atoms with E-state index in [4.69, 9.17) is 13.7 Å². The number of benzene rings is 1. The number of hydrogen-bond donors (Lipinski definition) is 1. The zero-order valence-corrected chi connectivity index (χ0v) is 16.8. The highest BCUT2D eigenvalue weighted by Gasteiger charge is 2.11. The van der Waals surface area contributed by atoms with Crippen LogP contribution in [0.5, 0.6) is 5.75 Å². The van der Waals surface area contributed by atoms with Gasteiger partial charge in [-0.1, -0.05) is 19.0 Å². The van der Waals surface area contributed by atoms with Crippen molar-refractivity contribution in [2.75, 3.05) is 25.5 Å². The Kier molecular flexibility index (Phi) is 7.08. The largest absolute Gasteiger partial charge is 0.497 e. The Balaban J connectivity index is 1.54. The van der Waals surface area contributed by atoms with Crippen molar-refractivity contribution in [3.63, 3.8) is 0 Å². The molecule has 0 bridgehead atoms. The molecule has 0 amide bonds. The molecule has 1 N–H and O–H groups in total. The van der Waals surface area contributed by atoms with Crippen LogP contribution in [0.15, 0.2) is 45.3 Å². The van der Waals surface area contributed by atoms with Gasteiger partial charge in [-0.15, -0.1) is 0 Å². The minimum atomic E-state index is 0.363. The Morgan fingerprint density at radius 2 is 1.71 bits per heavy atom. The molecule has 0 radical (unpaired) electrons. The van der Waals surface area contributed by atoms with Gasteiger partial charge in [-0.3, -0.25) is 4.90 Å². The van der Waals surface area contributed by atoms with Crippen LogP contribution in [-0.2, 0) is 13.1 Å². The molecule has 2 aromatic heterocycles. The second-order valence-electron chi connectivity index (χ2n) is 6.65. The molecule has 0 aliphatic rings. The lowest BCUT2D eigenvalue weighted by Crippen LogP contribution is -2.24. The molecule has 7 nitrogen and oxygen atoms in total. The lowest BCUT2D eigenvalue weighted by molar-refractivity contribution is 0.242. The number of ether oxygens (including phenoxy) is 1. The lowest BCUT2D eigenvalue weighted by atomic mass is 10.2. The molecular formula is C21H28N4O3. The van der Waals surface area contributed by atoms with Crippen molar-refractivity contribution in [3.8, 4) is 17.1 Å². The van der Waals surface area contributed by atoms with Crippen LogP contribution in [0, 0.1) is 0 Å². The van der Waals surface area contributed by atoms with Gasteiger partial charge >= 0.3 is 6.01 Å². The van der Waals surface area contributed by atoms with E-state index in [0.717, 1.165) is 55.3 Å². The second kappa shape index (κ2) is 9.94. The molecule has 0 atom stereocenters. The summed E-state index contributed by atoms with van der Waals surface area (Å²) in [6.45, 7) is 7.89. The Hall–Kier alpha value is -2.80. The average molecular weight is 384 g/mol. The smallest absolute Gasteiger partial charge is 0.322 e. The van der Waals surface area contributed by atoms with Gasteiger partial charge in [-0.05, 0) is 62.3 Å². The quantitative estimate of drug-likeness (QED) is 0.519. The number of aromatic nitrogens is 2. The van der Waals surface area contributed by atoms with Gasteiger partial charge < -0.3 is 19.0 Å². The van der Waals surface area contributed by atoms with Crippen molar-refractivity contribution in [2.45, 2.75) is 39.8 Å². The highest BCUT2D eigenvalue weighted by Crippen LogP contribution is 2.21. The van der Waals surface area contributed by atoms with Gasteiger partial charge in [0.25, 0.3) is 0 Å². The van der Waals surface area contributed by atoms with E-state index < -0.39 is 0 Å². The first-order valence-corrected chi connectivity index (χ1v) is 9.73. The Labute approximate surface area is 165 Å². The van der Waals surface area contributed by atoms with Crippen LogP contribution in [0.25, 0.3) is 11.4 Å². The molecule has 0 unspecified atom stereocenters. The van der Waals surface area contributed by atoms with Crippen LogP contribution in [0.3, 0.4) is 0 Å². The van der Waals surface area contributed by atoms with Gasteiger partial charge in [0.15, 0.2) is 0 Å². The van der Waals surface area contributed by atoms with Gasteiger partial charge in [-0.2, -0.15) is 4.98 Å².